The van der Waals surface area contributed by atoms with Crippen LogP contribution in [0, 0.1) is 0 Å². The molecule has 1 aliphatic heterocycles. The summed E-state index contributed by atoms with van der Waals surface area (Å²) in [6, 6.07) is 15.7. The number of carbonyl (C=O) groups excluding carboxylic acids is 1. The molecule has 26 heavy (non-hydrogen) atoms. The summed E-state index contributed by atoms with van der Waals surface area (Å²) in [5, 5.41) is 14.9. The predicted molar refractivity (Wildman–Crippen MR) is 98.8 cm³/mol. The fraction of sp³-hybridized carbons (Fsp3) is 0.300. The molecule has 0 aromatic heterocycles. The second-order valence-corrected chi connectivity index (χ2v) is 6.34. The Morgan fingerprint density at radius 1 is 1.12 bits per heavy atom. The normalized spacial score (nSPS) is 17.7. The third-order valence-electron chi connectivity index (χ3n) is 4.31. The monoisotopic (exact) mass is 354 g/mol. The van der Waals surface area contributed by atoms with E-state index in [2.05, 4.69) is 10.6 Å². The predicted octanol–water partition coefficient (Wildman–Crippen LogP) is 2.65. The molecule has 1 atom stereocenters. The van der Waals surface area contributed by atoms with Crippen molar-refractivity contribution in [3.63, 3.8) is 0 Å². The van der Waals surface area contributed by atoms with Crippen LogP contribution in [0.1, 0.15) is 18.4 Å². The van der Waals surface area contributed by atoms with E-state index < -0.39 is 5.97 Å². The molecule has 0 saturated carbocycles. The maximum atomic E-state index is 11.5. The highest BCUT2D eigenvalue weighted by molar-refractivity contribution is 5.76. The summed E-state index contributed by atoms with van der Waals surface area (Å²) in [5.74, 6) is -0.818. The average molecular weight is 354 g/mol. The standard InChI is InChI=1S/C20H22N2O4/c23-19-10-9-18(12-26-13-21-19)22-17-7-5-16(6-8-17)15-3-1-14(2-4-15)11-20(24)25/h1-8,18,22H,9-13H2,(H,21,23)(H,24,25). The van der Waals surface area contributed by atoms with Crippen molar-refractivity contribution in [2.75, 3.05) is 18.7 Å². The van der Waals surface area contributed by atoms with Gasteiger partial charge in [0.2, 0.25) is 5.91 Å². The molecule has 0 aliphatic carbocycles. The van der Waals surface area contributed by atoms with Gasteiger partial charge in [-0.3, -0.25) is 9.59 Å². The molecule has 0 bridgehead atoms. The van der Waals surface area contributed by atoms with Crippen molar-refractivity contribution >= 4 is 17.6 Å². The van der Waals surface area contributed by atoms with Crippen molar-refractivity contribution in [2.24, 2.45) is 0 Å². The summed E-state index contributed by atoms with van der Waals surface area (Å²) in [7, 11) is 0. The number of benzene rings is 2. The van der Waals surface area contributed by atoms with Crippen LogP contribution in [0.3, 0.4) is 0 Å². The van der Waals surface area contributed by atoms with Gasteiger partial charge in [0, 0.05) is 12.1 Å². The summed E-state index contributed by atoms with van der Waals surface area (Å²) in [4.78, 5) is 22.2. The van der Waals surface area contributed by atoms with Crippen LogP contribution in [0.2, 0.25) is 0 Å². The van der Waals surface area contributed by atoms with Crippen LogP contribution in [0.15, 0.2) is 48.5 Å². The van der Waals surface area contributed by atoms with Gasteiger partial charge in [-0.1, -0.05) is 36.4 Å². The molecule has 3 N–H and O–H groups in total. The lowest BCUT2D eigenvalue weighted by atomic mass is 10.0. The molecular formula is C20H22N2O4. The van der Waals surface area contributed by atoms with E-state index in [-0.39, 0.29) is 25.1 Å². The first kappa shape index (κ1) is 17.9. The van der Waals surface area contributed by atoms with Gasteiger partial charge in [0.25, 0.3) is 0 Å². The summed E-state index contributed by atoms with van der Waals surface area (Å²) in [6.07, 6.45) is 1.24. The Morgan fingerprint density at radius 3 is 2.42 bits per heavy atom. The largest absolute Gasteiger partial charge is 0.481 e. The highest BCUT2D eigenvalue weighted by Crippen LogP contribution is 2.23. The number of aliphatic carboxylic acids is 1. The molecule has 1 saturated heterocycles. The van der Waals surface area contributed by atoms with Crippen LogP contribution < -0.4 is 10.6 Å². The Balaban J connectivity index is 1.62. The molecule has 0 spiro atoms. The minimum atomic E-state index is -0.830. The second kappa shape index (κ2) is 8.49. The highest BCUT2D eigenvalue weighted by atomic mass is 16.5. The maximum Gasteiger partial charge on any atom is 0.307 e. The Morgan fingerprint density at radius 2 is 1.77 bits per heavy atom. The quantitative estimate of drug-likeness (QED) is 0.768. The summed E-state index contributed by atoms with van der Waals surface area (Å²) < 4.78 is 5.43. The van der Waals surface area contributed by atoms with Gasteiger partial charge in [0.05, 0.1) is 19.1 Å². The number of nitrogens with one attached hydrogen (secondary N) is 2. The molecular weight excluding hydrogens is 332 g/mol. The number of rotatable bonds is 5. The fourth-order valence-corrected chi connectivity index (χ4v) is 2.91. The first-order chi connectivity index (χ1) is 12.6. The van der Waals surface area contributed by atoms with Crippen molar-refractivity contribution < 1.29 is 19.4 Å². The molecule has 6 heteroatoms. The first-order valence-electron chi connectivity index (χ1n) is 8.62. The van der Waals surface area contributed by atoms with E-state index in [1.54, 1.807) is 0 Å². The van der Waals surface area contributed by atoms with Crippen LogP contribution in [0.25, 0.3) is 11.1 Å². The Labute approximate surface area is 152 Å². The average Bonchev–Trinajstić information content (AvgIpc) is 2.62. The molecule has 3 rings (SSSR count). The van der Waals surface area contributed by atoms with E-state index in [4.69, 9.17) is 9.84 Å². The molecule has 1 amide bonds. The number of hydrogen-bond acceptors (Lipinski definition) is 4. The first-order valence-corrected chi connectivity index (χ1v) is 8.62. The van der Waals surface area contributed by atoms with Gasteiger partial charge >= 0.3 is 5.97 Å². The molecule has 1 fully saturated rings. The van der Waals surface area contributed by atoms with Crippen molar-refractivity contribution in [3.8, 4) is 11.1 Å². The zero-order chi connectivity index (χ0) is 18.4. The Hall–Kier alpha value is -2.86. The second-order valence-electron chi connectivity index (χ2n) is 6.34. The van der Waals surface area contributed by atoms with Crippen molar-refractivity contribution in [2.45, 2.75) is 25.3 Å². The van der Waals surface area contributed by atoms with Crippen molar-refractivity contribution in [3.05, 3.63) is 54.1 Å². The Kier molecular flexibility index (Phi) is 5.86. The third kappa shape index (κ3) is 5.07. The van der Waals surface area contributed by atoms with Gasteiger partial charge < -0.3 is 20.5 Å². The molecule has 2 aromatic rings. The van der Waals surface area contributed by atoms with Gasteiger partial charge in [-0.15, -0.1) is 0 Å². The number of anilines is 1. The van der Waals surface area contributed by atoms with Gasteiger partial charge in [0.15, 0.2) is 0 Å². The number of carbonyl (C=O) groups is 2. The van der Waals surface area contributed by atoms with E-state index in [1.165, 1.54) is 0 Å². The fourth-order valence-electron chi connectivity index (χ4n) is 2.91. The summed E-state index contributed by atoms with van der Waals surface area (Å²) in [5.41, 5.74) is 3.86. The lowest BCUT2D eigenvalue weighted by Gasteiger charge is -2.22. The number of ether oxygens (including phenoxy) is 1. The number of carboxylic acid groups (broad SMARTS) is 1. The van der Waals surface area contributed by atoms with E-state index in [9.17, 15) is 9.59 Å². The van der Waals surface area contributed by atoms with Gasteiger partial charge in [-0.2, -0.15) is 0 Å². The number of carboxylic acids is 1. The van der Waals surface area contributed by atoms with Crippen LogP contribution in [-0.2, 0) is 20.7 Å². The lowest BCUT2D eigenvalue weighted by Crippen LogP contribution is -2.35. The van der Waals surface area contributed by atoms with Crippen molar-refractivity contribution in [1.29, 1.82) is 0 Å². The van der Waals surface area contributed by atoms with E-state index >= 15 is 0 Å². The van der Waals surface area contributed by atoms with Crippen molar-refractivity contribution in [1.82, 2.24) is 5.32 Å². The Bertz CT molecular complexity index is 756. The van der Waals surface area contributed by atoms with Crippen LogP contribution in [-0.4, -0.2) is 36.4 Å². The maximum absolute atomic E-state index is 11.5. The molecule has 1 unspecified atom stereocenters. The zero-order valence-electron chi connectivity index (χ0n) is 14.4. The molecule has 1 heterocycles. The summed E-state index contributed by atoms with van der Waals surface area (Å²) >= 11 is 0. The van der Waals surface area contributed by atoms with Crippen LogP contribution in [0.5, 0.6) is 0 Å². The highest BCUT2D eigenvalue weighted by Gasteiger charge is 2.14. The van der Waals surface area contributed by atoms with Crippen LogP contribution >= 0.6 is 0 Å². The summed E-state index contributed by atoms with van der Waals surface area (Å²) in [6.45, 7) is 0.806. The molecule has 0 radical (unpaired) electrons. The minimum absolute atomic E-state index is 0.0122. The topological polar surface area (TPSA) is 87.7 Å². The number of hydrogen-bond donors (Lipinski definition) is 3. The molecule has 136 valence electrons. The van der Waals surface area contributed by atoms with E-state index in [1.807, 2.05) is 48.5 Å². The van der Waals surface area contributed by atoms with Gasteiger partial charge in [0.1, 0.15) is 6.73 Å². The molecule has 1 aliphatic rings. The third-order valence-corrected chi connectivity index (χ3v) is 4.31. The van der Waals surface area contributed by atoms with Gasteiger partial charge in [-0.25, -0.2) is 0 Å². The molecule has 6 nitrogen and oxygen atoms in total. The lowest BCUT2D eigenvalue weighted by molar-refractivity contribution is -0.136. The zero-order valence-corrected chi connectivity index (χ0v) is 14.4. The number of amides is 1. The minimum Gasteiger partial charge on any atom is -0.481 e. The van der Waals surface area contributed by atoms with Gasteiger partial charge in [-0.05, 0) is 35.2 Å². The smallest absolute Gasteiger partial charge is 0.307 e. The SMILES string of the molecule is O=C(O)Cc1ccc(-c2ccc(NC3CCC(=O)NCOC3)cc2)cc1. The molecule has 2 aromatic carbocycles. The van der Waals surface area contributed by atoms with E-state index in [0.717, 1.165) is 28.8 Å². The van der Waals surface area contributed by atoms with Crippen LogP contribution in [0.4, 0.5) is 5.69 Å². The van der Waals surface area contributed by atoms with E-state index in [0.29, 0.717) is 13.0 Å².